The first-order valence-electron chi connectivity index (χ1n) is 6.64. The molecular weight excluding hydrogens is 252 g/mol. The van der Waals surface area contributed by atoms with Gasteiger partial charge in [0.1, 0.15) is 12.4 Å². The highest BCUT2D eigenvalue weighted by molar-refractivity contribution is 5.68. The molecule has 2 rings (SSSR count). The van der Waals surface area contributed by atoms with E-state index in [0.29, 0.717) is 6.61 Å². The Kier molecular flexibility index (Phi) is 4.77. The second kappa shape index (κ2) is 6.75. The van der Waals surface area contributed by atoms with Crippen molar-refractivity contribution < 1.29 is 14.6 Å². The van der Waals surface area contributed by atoms with Crippen LogP contribution in [0.1, 0.15) is 30.4 Å². The van der Waals surface area contributed by atoms with Gasteiger partial charge in [-0.05, 0) is 23.1 Å². The van der Waals surface area contributed by atoms with E-state index in [4.69, 9.17) is 9.84 Å². The van der Waals surface area contributed by atoms with E-state index in [2.05, 4.69) is 0 Å². The Labute approximate surface area is 118 Å². The molecule has 3 nitrogen and oxygen atoms in total. The lowest BCUT2D eigenvalue weighted by molar-refractivity contribution is -0.137. The lowest BCUT2D eigenvalue weighted by Gasteiger charge is -2.15. The molecule has 0 heterocycles. The fourth-order valence-electron chi connectivity index (χ4n) is 2.13. The SMILES string of the molecule is CC(CC(=O)O)c1ccccc1OCc1ccccc1. The van der Waals surface area contributed by atoms with Crippen molar-refractivity contribution in [2.24, 2.45) is 0 Å². The summed E-state index contributed by atoms with van der Waals surface area (Å²) in [6.07, 6.45) is 0.103. The molecule has 0 radical (unpaired) electrons. The molecule has 2 aromatic rings. The van der Waals surface area contributed by atoms with Gasteiger partial charge >= 0.3 is 5.97 Å². The molecule has 2 aromatic carbocycles. The summed E-state index contributed by atoms with van der Waals surface area (Å²) >= 11 is 0. The van der Waals surface area contributed by atoms with E-state index in [1.54, 1.807) is 0 Å². The van der Waals surface area contributed by atoms with Crippen LogP contribution in [0.25, 0.3) is 0 Å². The Morgan fingerprint density at radius 1 is 1.10 bits per heavy atom. The molecule has 0 aliphatic rings. The summed E-state index contributed by atoms with van der Waals surface area (Å²) in [5, 5.41) is 8.90. The highest BCUT2D eigenvalue weighted by atomic mass is 16.5. The Morgan fingerprint density at radius 2 is 1.75 bits per heavy atom. The standard InChI is InChI=1S/C17H18O3/c1-13(11-17(18)19)15-9-5-6-10-16(15)20-12-14-7-3-2-4-8-14/h2-10,13H,11-12H2,1H3,(H,18,19). The fraction of sp³-hybridized carbons (Fsp3) is 0.235. The van der Waals surface area contributed by atoms with Crippen molar-refractivity contribution in [2.75, 3.05) is 0 Å². The van der Waals surface area contributed by atoms with Crippen LogP contribution in [0.4, 0.5) is 0 Å². The van der Waals surface area contributed by atoms with Crippen LogP contribution in [0, 0.1) is 0 Å². The molecule has 1 N–H and O–H groups in total. The molecule has 0 saturated carbocycles. The molecule has 20 heavy (non-hydrogen) atoms. The van der Waals surface area contributed by atoms with Crippen LogP contribution in [0.2, 0.25) is 0 Å². The minimum Gasteiger partial charge on any atom is -0.489 e. The molecule has 0 aliphatic heterocycles. The number of hydrogen-bond acceptors (Lipinski definition) is 2. The summed E-state index contributed by atoms with van der Waals surface area (Å²) in [4.78, 5) is 10.8. The Bertz CT molecular complexity index is 563. The van der Waals surface area contributed by atoms with Gasteiger partial charge in [-0.3, -0.25) is 4.79 Å². The zero-order valence-electron chi connectivity index (χ0n) is 11.5. The van der Waals surface area contributed by atoms with Gasteiger partial charge in [0, 0.05) is 0 Å². The minimum absolute atomic E-state index is 0.0699. The number of hydrogen-bond donors (Lipinski definition) is 1. The number of para-hydroxylation sites is 1. The van der Waals surface area contributed by atoms with Gasteiger partial charge < -0.3 is 9.84 Å². The molecule has 0 amide bonds. The van der Waals surface area contributed by atoms with E-state index in [0.717, 1.165) is 16.9 Å². The molecular formula is C17H18O3. The number of carboxylic acids is 1. The monoisotopic (exact) mass is 270 g/mol. The summed E-state index contributed by atoms with van der Waals surface area (Å²) in [7, 11) is 0. The highest BCUT2D eigenvalue weighted by Gasteiger charge is 2.14. The second-order valence-corrected chi connectivity index (χ2v) is 4.81. The predicted molar refractivity (Wildman–Crippen MR) is 77.9 cm³/mol. The van der Waals surface area contributed by atoms with Crippen LogP contribution in [-0.2, 0) is 11.4 Å². The van der Waals surface area contributed by atoms with Crippen LogP contribution >= 0.6 is 0 Å². The third-order valence-electron chi connectivity index (χ3n) is 3.17. The Balaban J connectivity index is 2.09. The van der Waals surface area contributed by atoms with Crippen molar-refractivity contribution in [3.63, 3.8) is 0 Å². The molecule has 0 bridgehead atoms. The van der Waals surface area contributed by atoms with E-state index < -0.39 is 5.97 Å². The number of benzene rings is 2. The summed E-state index contributed by atoms with van der Waals surface area (Å²) in [6, 6.07) is 17.5. The highest BCUT2D eigenvalue weighted by Crippen LogP contribution is 2.29. The summed E-state index contributed by atoms with van der Waals surface area (Å²) in [5.41, 5.74) is 2.03. The summed E-state index contributed by atoms with van der Waals surface area (Å²) in [5.74, 6) is -0.111. The van der Waals surface area contributed by atoms with Crippen LogP contribution in [0.3, 0.4) is 0 Å². The zero-order chi connectivity index (χ0) is 14.4. The quantitative estimate of drug-likeness (QED) is 0.867. The van der Waals surface area contributed by atoms with Gasteiger partial charge in [0.25, 0.3) is 0 Å². The topological polar surface area (TPSA) is 46.5 Å². The van der Waals surface area contributed by atoms with Gasteiger partial charge in [0.05, 0.1) is 6.42 Å². The van der Waals surface area contributed by atoms with Crippen molar-refractivity contribution >= 4 is 5.97 Å². The number of ether oxygens (including phenoxy) is 1. The summed E-state index contributed by atoms with van der Waals surface area (Å²) in [6.45, 7) is 2.39. The Hall–Kier alpha value is -2.29. The molecule has 0 saturated heterocycles. The largest absolute Gasteiger partial charge is 0.489 e. The van der Waals surface area contributed by atoms with Crippen molar-refractivity contribution in [1.29, 1.82) is 0 Å². The van der Waals surface area contributed by atoms with Gasteiger partial charge in [-0.1, -0.05) is 55.5 Å². The van der Waals surface area contributed by atoms with Crippen molar-refractivity contribution in [3.05, 3.63) is 65.7 Å². The first-order valence-corrected chi connectivity index (χ1v) is 6.64. The maximum atomic E-state index is 10.8. The fourth-order valence-corrected chi connectivity index (χ4v) is 2.13. The molecule has 0 aromatic heterocycles. The van der Waals surface area contributed by atoms with Crippen LogP contribution in [-0.4, -0.2) is 11.1 Å². The molecule has 1 atom stereocenters. The van der Waals surface area contributed by atoms with Gasteiger partial charge in [-0.15, -0.1) is 0 Å². The maximum Gasteiger partial charge on any atom is 0.303 e. The van der Waals surface area contributed by atoms with E-state index >= 15 is 0 Å². The van der Waals surface area contributed by atoms with Crippen LogP contribution in [0.15, 0.2) is 54.6 Å². The van der Waals surface area contributed by atoms with E-state index in [1.807, 2.05) is 61.5 Å². The zero-order valence-corrected chi connectivity index (χ0v) is 11.5. The molecule has 104 valence electrons. The third kappa shape index (κ3) is 3.85. The normalized spacial score (nSPS) is 11.8. The molecule has 0 spiro atoms. The van der Waals surface area contributed by atoms with Crippen molar-refractivity contribution in [3.8, 4) is 5.75 Å². The lowest BCUT2D eigenvalue weighted by atomic mass is 9.97. The smallest absolute Gasteiger partial charge is 0.303 e. The summed E-state index contributed by atoms with van der Waals surface area (Å²) < 4.78 is 5.83. The van der Waals surface area contributed by atoms with E-state index in [1.165, 1.54) is 0 Å². The maximum absolute atomic E-state index is 10.8. The van der Waals surface area contributed by atoms with Gasteiger partial charge in [0.15, 0.2) is 0 Å². The molecule has 0 fully saturated rings. The number of carboxylic acid groups (broad SMARTS) is 1. The average molecular weight is 270 g/mol. The predicted octanol–water partition coefficient (Wildman–Crippen LogP) is 3.84. The molecule has 3 heteroatoms. The number of aliphatic carboxylic acids is 1. The average Bonchev–Trinajstić information content (AvgIpc) is 2.46. The van der Waals surface area contributed by atoms with Crippen LogP contribution in [0.5, 0.6) is 5.75 Å². The first kappa shape index (κ1) is 14.1. The minimum atomic E-state index is -0.796. The van der Waals surface area contributed by atoms with Crippen LogP contribution < -0.4 is 4.74 Å². The van der Waals surface area contributed by atoms with Gasteiger partial charge in [-0.25, -0.2) is 0 Å². The number of rotatable bonds is 6. The molecule has 1 unspecified atom stereocenters. The molecule has 0 aliphatic carbocycles. The van der Waals surface area contributed by atoms with Crippen molar-refractivity contribution in [2.45, 2.75) is 25.9 Å². The van der Waals surface area contributed by atoms with E-state index in [9.17, 15) is 4.79 Å². The van der Waals surface area contributed by atoms with Gasteiger partial charge in [0.2, 0.25) is 0 Å². The lowest BCUT2D eigenvalue weighted by Crippen LogP contribution is -2.05. The third-order valence-corrected chi connectivity index (χ3v) is 3.17. The van der Waals surface area contributed by atoms with E-state index in [-0.39, 0.29) is 12.3 Å². The Morgan fingerprint density at radius 3 is 2.45 bits per heavy atom. The second-order valence-electron chi connectivity index (χ2n) is 4.81. The first-order chi connectivity index (χ1) is 9.66. The van der Waals surface area contributed by atoms with Crippen molar-refractivity contribution in [1.82, 2.24) is 0 Å². The number of carbonyl (C=O) groups is 1. The van der Waals surface area contributed by atoms with Gasteiger partial charge in [-0.2, -0.15) is 0 Å².